The maximum absolute atomic E-state index is 12.7. The van der Waals surface area contributed by atoms with Gasteiger partial charge in [-0.25, -0.2) is 4.98 Å². The summed E-state index contributed by atoms with van der Waals surface area (Å²) in [7, 11) is 1.62. The molecule has 1 aliphatic heterocycles. The Kier molecular flexibility index (Phi) is 6.14. The molecule has 1 fully saturated rings. The third-order valence-corrected chi connectivity index (χ3v) is 6.38. The number of benzene rings is 2. The molecule has 0 saturated carbocycles. The second-order valence-corrected chi connectivity index (χ2v) is 8.53. The van der Waals surface area contributed by atoms with E-state index in [2.05, 4.69) is 14.6 Å². The van der Waals surface area contributed by atoms with Crippen LogP contribution in [0.15, 0.2) is 36.4 Å². The molecule has 6 nitrogen and oxygen atoms in total. The minimum absolute atomic E-state index is 0.0625. The Labute approximate surface area is 187 Å². The summed E-state index contributed by atoms with van der Waals surface area (Å²) in [6.45, 7) is 4.29. The molecule has 1 saturated heterocycles. The number of fused-ring (bicyclic) bond motifs is 1. The van der Waals surface area contributed by atoms with Crippen LogP contribution < -0.4 is 14.4 Å². The zero-order chi connectivity index (χ0) is 22.9. The first kappa shape index (κ1) is 22.2. The number of aromatic nitrogens is 1. The summed E-state index contributed by atoms with van der Waals surface area (Å²) < 4.78 is 47.2. The maximum Gasteiger partial charge on any atom is 0.573 e. The molecule has 3 aromatic rings. The van der Waals surface area contributed by atoms with Gasteiger partial charge in [0.1, 0.15) is 11.5 Å². The van der Waals surface area contributed by atoms with Crippen molar-refractivity contribution >= 4 is 32.6 Å². The standard InChI is InChI=1S/C22H22F3N3O3S/c1-14-11-15(3-6-18(14)30-2)12-20(29)27-7-9-28(10-8-27)21-26-17-5-4-16(13-19(17)32-21)31-22(23,24)25/h3-6,11,13H,7-10,12H2,1-2H3. The largest absolute Gasteiger partial charge is 0.573 e. The van der Waals surface area contributed by atoms with Crippen LogP contribution in [0.25, 0.3) is 10.2 Å². The van der Waals surface area contributed by atoms with Crippen LogP contribution in [0.2, 0.25) is 0 Å². The second-order valence-electron chi connectivity index (χ2n) is 7.52. The van der Waals surface area contributed by atoms with Crippen LogP contribution in [-0.2, 0) is 11.2 Å². The van der Waals surface area contributed by atoms with Gasteiger partial charge in [-0.05, 0) is 36.2 Å². The lowest BCUT2D eigenvalue weighted by Gasteiger charge is -2.34. The van der Waals surface area contributed by atoms with E-state index in [1.54, 1.807) is 7.11 Å². The summed E-state index contributed by atoms with van der Waals surface area (Å²) in [4.78, 5) is 21.1. The zero-order valence-corrected chi connectivity index (χ0v) is 18.4. The molecule has 0 spiro atoms. The monoisotopic (exact) mass is 465 g/mol. The second kappa shape index (κ2) is 8.85. The van der Waals surface area contributed by atoms with Crippen LogP contribution in [0.1, 0.15) is 11.1 Å². The van der Waals surface area contributed by atoms with Gasteiger partial charge in [-0.3, -0.25) is 4.79 Å². The molecule has 2 heterocycles. The van der Waals surface area contributed by atoms with Crippen molar-refractivity contribution in [3.63, 3.8) is 0 Å². The number of anilines is 1. The predicted molar refractivity (Wildman–Crippen MR) is 117 cm³/mol. The summed E-state index contributed by atoms with van der Waals surface area (Å²) in [5.41, 5.74) is 2.55. The highest BCUT2D eigenvalue weighted by Crippen LogP contribution is 2.33. The van der Waals surface area contributed by atoms with Gasteiger partial charge in [-0.2, -0.15) is 0 Å². The average molecular weight is 465 g/mol. The smallest absolute Gasteiger partial charge is 0.496 e. The number of alkyl halides is 3. The van der Waals surface area contributed by atoms with Crippen LogP contribution in [0, 0.1) is 6.92 Å². The molecule has 2 aromatic carbocycles. The lowest BCUT2D eigenvalue weighted by atomic mass is 10.1. The molecule has 0 bridgehead atoms. The highest BCUT2D eigenvalue weighted by molar-refractivity contribution is 7.22. The van der Waals surface area contributed by atoms with Crippen molar-refractivity contribution in [2.24, 2.45) is 0 Å². The van der Waals surface area contributed by atoms with Crippen LogP contribution >= 0.6 is 11.3 Å². The predicted octanol–water partition coefficient (Wildman–Crippen LogP) is 4.40. The van der Waals surface area contributed by atoms with Crippen molar-refractivity contribution < 1.29 is 27.4 Å². The fourth-order valence-corrected chi connectivity index (χ4v) is 4.75. The quantitative estimate of drug-likeness (QED) is 0.559. The Morgan fingerprint density at radius 2 is 1.88 bits per heavy atom. The summed E-state index contributed by atoms with van der Waals surface area (Å²) in [6, 6.07) is 9.86. The van der Waals surface area contributed by atoms with Gasteiger partial charge in [0.2, 0.25) is 5.91 Å². The topological polar surface area (TPSA) is 54.9 Å². The first-order valence-corrected chi connectivity index (χ1v) is 10.9. The van der Waals surface area contributed by atoms with Gasteiger partial charge in [0, 0.05) is 32.2 Å². The minimum atomic E-state index is -4.73. The number of carbonyl (C=O) groups excluding carboxylic acids is 1. The van der Waals surface area contributed by atoms with Crippen molar-refractivity contribution in [2.45, 2.75) is 19.7 Å². The number of thiazole rings is 1. The molecular formula is C22H22F3N3O3S. The number of carbonyl (C=O) groups is 1. The van der Waals surface area contributed by atoms with Gasteiger partial charge in [0.05, 0.1) is 23.7 Å². The molecule has 4 rings (SSSR count). The van der Waals surface area contributed by atoms with Gasteiger partial charge in [-0.1, -0.05) is 23.5 Å². The highest BCUT2D eigenvalue weighted by Gasteiger charge is 2.31. The Morgan fingerprint density at radius 3 is 2.53 bits per heavy atom. The summed E-state index contributed by atoms with van der Waals surface area (Å²) in [5, 5.41) is 0.724. The van der Waals surface area contributed by atoms with Crippen LogP contribution in [-0.4, -0.2) is 55.4 Å². The van der Waals surface area contributed by atoms with E-state index in [0.717, 1.165) is 22.0 Å². The Bertz CT molecular complexity index is 1120. The summed E-state index contributed by atoms with van der Waals surface area (Å²) in [5.74, 6) is 0.597. The average Bonchev–Trinajstić information content (AvgIpc) is 3.16. The number of rotatable bonds is 5. The molecule has 1 amide bonds. The van der Waals surface area contributed by atoms with Crippen molar-refractivity contribution in [2.75, 3.05) is 38.2 Å². The molecule has 1 aliphatic rings. The molecular weight excluding hydrogens is 443 g/mol. The number of ether oxygens (including phenoxy) is 2. The molecule has 1 aromatic heterocycles. The van der Waals surface area contributed by atoms with Crippen LogP contribution in [0.5, 0.6) is 11.5 Å². The summed E-state index contributed by atoms with van der Waals surface area (Å²) in [6.07, 6.45) is -4.40. The lowest BCUT2D eigenvalue weighted by Crippen LogP contribution is -2.49. The fraction of sp³-hybridized carbons (Fsp3) is 0.364. The number of methoxy groups -OCH3 is 1. The molecule has 170 valence electrons. The SMILES string of the molecule is COc1ccc(CC(=O)N2CCN(c3nc4ccc(OC(F)(F)F)cc4s3)CC2)cc1C. The van der Waals surface area contributed by atoms with Gasteiger partial charge < -0.3 is 19.3 Å². The molecule has 0 radical (unpaired) electrons. The van der Waals surface area contributed by atoms with Gasteiger partial charge in [0.25, 0.3) is 0 Å². The number of hydrogen-bond acceptors (Lipinski definition) is 6. The van der Waals surface area contributed by atoms with Crippen molar-refractivity contribution in [3.05, 3.63) is 47.5 Å². The number of piperazine rings is 1. The van der Waals surface area contributed by atoms with E-state index in [1.807, 2.05) is 30.0 Å². The zero-order valence-electron chi connectivity index (χ0n) is 17.6. The van der Waals surface area contributed by atoms with Crippen molar-refractivity contribution in [3.8, 4) is 11.5 Å². The summed E-state index contributed by atoms with van der Waals surface area (Å²) >= 11 is 1.31. The third-order valence-electron chi connectivity index (χ3n) is 5.30. The van der Waals surface area contributed by atoms with Crippen molar-refractivity contribution in [1.29, 1.82) is 0 Å². The number of halogens is 3. The third kappa shape index (κ3) is 5.07. The highest BCUT2D eigenvalue weighted by atomic mass is 32.1. The van der Waals surface area contributed by atoms with Crippen molar-refractivity contribution in [1.82, 2.24) is 9.88 Å². The van der Waals surface area contributed by atoms with Crippen LogP contribution in [0.3, 0.4) is 0 Å². The Balaban J connectivity index is 1.37. The molecule has 0 unspecified atom stereocenters. The Hall–Kier alpha value is -3.01. The number of hydrogen-bond donors (Lipinski definition) is 0. The van der Waals surface area contributed by atoms with E-state index >= 15 is 0 Å². The first-order chi connectivity index (χ1) is 15.2. The minimum Gasteiger partial charge on any atom is -0.496 e. The van der Waals surface area contributed by atoms with E-state index in [4.69, 9.17) is 4.74 Å². The molecule has 32 heavy (non-hydrogen) atoms. The Morgan fingerprint density at radius 1 is 1.12 bits per heavy atom. The van der Waals surface area contributed by atoms with Crippen LogP contribution in [0.4, 0.5) is 18.3 Å². The lowest BCUT2D eigenvalue weighted by molar-refractivity contribution is -0.274. The van der Waals surface area contributed by atoms with E-state index in [1.165, 1.54) is 29.5 Å². The van der Waals surface area contributed by atoms with E-state index in [-0.39, 0.29) is 11.7 Å². The van der Waals surface area contributed by atoms with E-state index in [9.17, 15) is 18.0 Å². The maximum atomic E-state index is 12.7. The normalized spacial score (nSPS) is 14.7. The number of nitrogens with zero attached hydrogens (tertiary/aromatic N) is 3. The molecule has 10 heteroatoms. The molecule has 0 N–H and O–H groups in total. The van der Waals surface area contributed by atoms with E-state index in [0.29, 0.717) is 42.8 Å². The fourth-order valence-electron chi connectivity index (χ4n) is 3.71. The number of amides is 1. The first-order valence-electron chi connectivity index (χ1n) is 10.0. The van der Waals surface area contributed by atoms with Gasteiger partial charge >= 0.3 is 6.36 Å². The molecule has 0 atom stereocenters. The molecule has 0 aliphatic carbocycles. The van der Waals surface area contributed by atoms with E-state index < -0.39 is 6.36 Å². The van der Waals surface area contributed by atoms with Gasteiger partial charge in [0.15, 0.2) is 5.13 Å². The number of aryl methyl sites for hydroxylation is 1. The van der Waals surface area contributed by atoms with Gasteiger partial charge in [-0.15, -0.1) is 13.2 Å².